The topological polar surface area (TPSA) is 9.23 Å². The molecule has 1 aromatic carbocycles. The normalized spacial score (nSPS) is 9.50. The van der Waals surface area contributed by atoms with Gasteiger partial charge in [0.1, 0.15) is 5.75 Å². The van der Waals surface area contributed by atoms with Crippen LogP contribution in [0.4, 0.5) is 0 Å². The molecule has 0 saturated heterocycles. The number of rotatable bonds is 4. The lowest BCUT2D eigenvalue weighted by molar-refractivity contribution is 0.311. The first-order valence-corrected chi connectivity index (χ1v) is 4.87. The smallest absolute Gasteiger partial charge is 0.122 e. The molecule has 0 aliphatic heterocycles. The summed E-state index contributed by atoms with van der Waals surface area (Å²) in [5, 5.41) is 0. The molecule has 0 unspecified atom stereocenters. The molecular weight excluding hydrogens is 172 g/mol. The Morgan fingerprint density at radius 3 is 2.79 bits per heavy atom. The van der Waals surface area contributed by atoms with Gasteiger partial charge in [0.15, 0.2) is 0 Å². The van der Waals surface area contributed by atoms with Gasteiger partial charge in [-0.25, -0.2) is 0 Å². The highest BCUT2D eigenvalue weighted by molar-refractivity contribution is 5.35. The SMILES string of the molecule is C#CCCCOc1ccc(C)cc1C. The van der Waals surface area contributed by atoms with Gasteiger partial charge < -0.3 is 4.74 Å². The van der Waals surface area contributed by atoms with Crippen molar-refractivity contribution in [2.75, 3.05) is 6.61 Å². The molecule has 1 aromatic rings. The fourth-order valence-electron chi connectivity index (χ4n) is 1.32. The summed E-state index contributed by atoms with van der Waals surface area (Å²) in [4.78, 5) is 0. The fourth-order valence-corrected chi connectivity index (χ4v) is 1.32. The Morgan fingerprint density at radius 1 is 1.36 bits per heavy atom. The van der Waals surface area contributed by atoms with Gasteiger partial charge in [-0.2, -0.15) is 0 Å². The fraction of sp³-hybridized carbons (Fsp3) is 0.385. The van der Waals surface area contributed by atoms with E-state index in [1.54, 1.807) is 0 Å². The Bertz CT molecular complexity index is 334. The second-order valence-corrected chi connectivity index (χ2v) is 3.43. The largest absolute Gasteiger partial charge is 0.493 e. The van der Waals surface area contributed by atoms with E-state index in [9.17, 15) is 0 Å². The quantitative estimate of drug-likeness (QED) is 0.521. The van der Waals surface area contributed by atoms with E-state index in [2.05, 4.69) is 31.9 Å². The summed E-state index contributed by atoms with van der Waals surface area (Å²) in [6.07, 6.45) is 6.86. The molecule has 0 aromatic heterocycles. The first-order valence-electron chi connectivity index (χ1n) is 4.87. The van der Waals surface area contributed by atoms with Gasteiger partial charge in [0.05, 0.1) is 6.61 Å². The number of unbranched alkanes of at least 4 members (excludes halogenated alkanes) is 1. The zero-order chi connectivity index (χ0) is 10.4. The lowest BCUT2D eigenvalue weighted by atomic mass is 10.1. The standard InChI is InChI=1S/C13H16O/c1-4-5-6-9-14-13-8-7-11(2)10-12(13)3/h1,7-8,10H,5-6,9H2,2-3H3. The van der Waals surface area contributed by atoms with Crippen molar-refractivity contribution in [2.24, 2.45) is 0 Å². The van der Waals surface area contributed by atoms with Crippen LogP contribution in [-0.4, -0.2) is 6.61 Å². The Morgan fingerprint density at radius 2 is 2.14 bits per heavy atom. The molecule has 0 bridgehead atoms. The molecule has 1 heteroatoms. The van der Waals surface area contributed by atoms with Gasteiger partial charge in [0.25, 0.3) is 0 Å². The maximum Gasteiger partial charge on any atom is 0.122 e. The van der Waals surface area contributed by atoms with E-state index in [1.807, 2.05) is 6.07 Å². The van der Waals surface area contributed by atoms with E-state index >= 15 is 0 Å². The second-order valence-electron chi connectivity index (χ2n) is 3.43. The Hall–Kier alpha value is -1.42. The molecule has 0 fully saturated rings. The summed E-state index contributed by atoms with van der Waals surface area (Å²) < 4.78 is 5.60. The average molecular weight is 188 g/mol. The molecule has 0 radical (unpaired) electrons. The summed E-state index contributed by atoms with van der Waals surface area (Å²) in [5.74, 6) is 3.56. The van der Waals surface area contributed by atoms with Crippen LogP contribution in [0, 0.1) is 26.2 Å². The molecule has 14 heavy (non-hydrogen) atoms. The van der Waals surface area contributed by atoms with Crippen LogP contribution in [0.2, 0.25) is 0 Å². The van der Waals surface area contributed by atoms with E-state index in [-0.39, 0.29) is 0 Å². The van der Waals surface area contributed by atoms with Crippen molar-refractivity contribution < 1.29 is 4.74 Å². The van der Waals surface area contributed by atoms with Gasteiger partial charge in [-0.05, 0) is 31.9 Å². The van der Waals surface area contributed by atoms with E-state index in [0.29, 0.717) is 6.61 Å². The van der Waals surface area contributed by atoms with Crippen LogP contribution in [-0.2, 0) is 0 Å². The van der Waals surface area contributed by atoms with Crippen LogP contribution >= 0.6 is 0 Å². The molecule has 1 nitrogen and oxygen atoms in total. The van der Waals surface area contributed by atoms with Crippen LogP contribution in [0.5, 0.6) is 5.75 Å². The van der Waals surface area contributed by atoms with Gasteiger partial charge in [-0.3, -0.25) is 0 Å². The van der Waals surface area contributed by atoms with Crippen molar-refractivity contribution >= 4 is 0 Å². The zero-order valence-corrected chi connectivity index (χ0v) is 8.84. The highest BCUT2D eigenvalue weighted by atomic mass is 16.5. The van der Waals surface area contributed by atoms with Crippen LogP contribution in [0.3, 0.4) is 0 Å². The molecule has 0 saturated carbocycles. The summed E-state index contributed by atoms with van der Waals surface area (Å²) in [7, 11) is 0. The lowest BCUT2D eigenvalue weighted by Crippen LogP contribution is -1.98. The van der Waals surface area contributed by atoms with Crippen LogP contribution in [0.15, 0.2) is 18.2 Å². The Labute approximate surface area is 86.1 Å². The minimum atomic E-state index is 0.702. The number of hydrogen-bond donors (Lipinski definition) is 0. The Kier molecular flexibility index (Phi) is 4.07. The van der Waals surface area contributed by atoms with Gasteiger partial charge in [-0.15, -0.1) is 12.3 Å². The summed E-state index contributed by atoms with van der Waals surface area (Å²) in [6.45, 7) is 4.84. The molecule has 1 rings (SSSR count). The van der Waals surface area contributed by atoms with Crippen molar-refractivity contribution in [3.05, 3.63) is 29.3 Å². The van der Waals surface area contributed by atoms with Crippen LogP contribution < -0.4 is 4.74 Å². The van der Waals surface area contributed by atoms with Crippen molar-refractivity contribution in [2.45, 2.75) is 26.7 Å². The third-order valence-electron chi connectivity index (χ3n) is 2.05. The number of hydrogen-bond acceptors (Lipinski definition) is 1. The van der Waals surface area contributed by atoms with E-state index in [1.165, 1.54) is 11.1 Å². The van der Waals surface area contributed by atoms with Gasteiger partial charge >= 0.3 is 0 Å². The molecular formula is C13H16O. The predicted octanol–water partition coefficient (Wildman–Crippen LogP) is 3.10. The first kappa shape index (κ1) is 10.7. The second kappa shape index (κ2) is 5.34. The monoisotopic (exact) mass is 188 g/mol. The average Bonchev–Trinajstić information content (AvgIpc) is 2.15. The number of ether oxygens (including phenoxy) is 1. The molecule has 74 valence electrons. The van der Waals surface area contributed by atoms with Crippen LogP contribution in [0.1, 0.15) is 24.0 Å². The molecule has 0 N–H and O–H groups in total. The third-order valence-corrected chi connectivity index (χ3v) is 2.05. The summed E-state index contributed by atoms with van der Waals surface area (Å²) in [6, 6.07) is 6.20. The predicted molar refractivity (Wildman–Crippen MR) is 59.5 cm³/mol. The van der Waals surface area contributed by atoms with Crippen molar-refractivity contribution in [3.63, 3.8) is 0 Å². The Balaban J connectivity index is 2.47. The highest BCUT2D eigenvalue weighted by Gasteiger charge is 1.98. The van der Waals surface area contributed by atoms with E-state index in [0.717, 1.165) is 18.6 Å². The third kappa shape index (κ3) is 3.14. The number of terminal acetylenes is 1. The van der Waals surface area contributed by atoms with Gasteiger partial charge in [0.2, 0.25) is 0 Å². The maximum atomic E-state index is 5.60. The molecule has 0 spiro atoms. The van der Waals surface area contributed by atoms with Gasteiger partial charge in [0, 0.05) is 6.42 Å². The maximum absolute atomic E-state index is 5.60. The highest BCUT2D eigenvalue weighted by Crippen LogP contribution is 2.18. The number of benzene rings is 1. The summed E-state index contributed by atoms with van der Waals surface area (Å²) in [5.41, 5.74) is 2.45. The molecule has 0 aliphatic rings. The molecule has 0 heterocycles. The minimum Gasteiger partial charge on any atom is -0.493 e. The van der Waals surface area contributed by atoms with Crippen molar-refractivity contribution in [3.8, 4) is 18.1 Å². The zero-order valence-electron chi connectivity index (χ0n) is 8.84. The van der Waals surface area contributed by atoms with Gasteiger partial charge in [-0.1, -0.05) is 17.7 Å². The van der Waals surface area contributed by atoms with E-state index in [4.69, 9.17) is 11.2 Å². The first-order chi connectivity index (χ1) is 6.74. The summed E-state index contributed by atoms with van der Waals surface area (Å²) >= 11 is 0. The van der Waals surface area contributed by atoms with Crippen molar-refractivity contribution in [1.82, 2.24) is 0 Å². The lowest BCUT2D eigenvalue weighted by Gasteiger charge is -2.08. The van der Waals surface area contributed by atoms with E-state index < -0.39 is 0 Å². The number of aryl methyl sites for hydroxylation is 2. The molecule has 0 aliphatic carbocycles. The molecule has 0 atom stereocenters. The van der Waals surface area contributed by atoms with Crippen molar-refractivity contribution in [1.29, 1.82) is 0 Å². The molecule has 0 amide bonds. The minimum absolute atomic E-state index is 0.702. The van der Waals surface area contributed by atoms with Crippen LogP contribution in [0.25, 0.3) is 0 Å².